The van der Waals surface area contributed by atoms with E-state index >= 15 is 0 Å². The standard InChI is InChI=1S/C12H18N2O2/c1-8(2)11(16-12(14)15)10-5-3-4-9(6-10)7-13/h3-6,8,11H,7,13H2,1-2H3,(H2,14,15). The van der Waals surface area contributed by atoms with Crippen LogP contribution in [-0.4, -0.2) is 6.09 Å². The molecule has 1 aromatic carbocycles. The average molecular weight is 222 g/mol. The summed E-state index contributed by atoms with van der Waals surface area (Å²) < 4.78 is 5.10. The van der Waals surface area contributed by atoms with Crippen LogP contribution in [0.25, 0.3) is 0 Å². The minimum atomic E-state index is -0.753. The van der Waals surface area contributed by atoms with Crippen LogP contribution in [0.15, 0.2) is 24.3 Å². The Labute approximate surface area is 95.6 Å². The third-order valence-electron chi connectivity index (χ3n) is 2.36. The second-order valence-electron chi connectivity index (χ2n) is 4.05. The van der Waals surface area contributed by atoms with E-state index in [-0.39, 0.29) is 12.0 Å². The topological polar surface area (TPSA) is 78.3 Å². The van der Waals surface area contributed by atoms with Crippen LogP contribution < -0.4 is 11.5 Å². The van der Waals surface area contributed by atoms with Crippen molar-refractivity contribution >= 4 is 6.09 Å². The quantitative estimate of drug-likeness (QED) is 0.817. The predicted octanol–water partition coefficient (Wildman–Crippen LogP) is 1.94. The molecule has 88 valence electrons. The molecular formula is C12H18N2O2. The molecule has 0 saturated carbocycles. The third-order valence-corrected chi connectivity index (χ3v) is 2.36. The van der Waals surface area contributed by atoms with Gasteiger partial charge < -0.3 is 16.2 Å². The fourth-order valence-corrected chi connectivity index (χ4v) is 1.61. The molecule has 0 heterocycles. The monoisotopic (exact) mass is 222 g/mol. The van der Waals surface area contributed by atoms with Gasteiger partial charge in [0, 0.05) is 6.54 Å². The van der Waals surface area contributed by atoms with Gasteiger partial charge in [0.15, 0.2) is 0 Å². The first-order valence-corrected chi connectivity index (χ1v) is 5.29. The van der Waals surface area contributed by atoms with E-state index in [4.69, 9.17) is 16.2 Å². The molecule has 16 heavy (non-hydrogen) atoms. The van der Waals surface area contributed by atoms with Gasteiger partial charge in [-0.1, -0.05) is 38.1 Å². The minimum Gasteiger partial charge on any atom is -0.441 e. The summed E-state index contributed by atoms with van der Waals surface area (Å²) in [5.74, 6) is 0.167. The number of benzene rings is 1. The summed E-state index contributed by atoms with van der Waals surface area (Å²) in [5, 5.41) is 0. The predicted molar refractivity (Wildman–Crippen MR) is 62.6 cm³/mol. The van der Waals surface area contributed by atoms with E-state index in [2.05, 4.69) is 0 Å². The number of carbonyl (C=O) groups excluding carboxylic acids is 1. The Morgan fingerprint density at radius 1 is 1.44 bits per heavy atom. The van der Waals surface area contributed by atoms with Crippen molar-refractivity contribution in [3.05, 3.63) is 35.4 Å². The lowest BCUT2D eigenvalue weighted by atomic mass is 9.97. The van der Waals surface area contributed by atoms with E-state index in [1.807, 2.05) is 38.1 Å². The Hall–Kier alpha value is -1.55. The van der Waals surface area contributed by atoms with Gasteiger partial charge in [-0.3, -0.25) is 0 Å². The molecule has 0 saturated heterocycles. The molecule has 0 aliphatic carbocycles. The highest BCUT2D eigenvalue weighted by Crippen LogP contribution is 2.26. The first-order valence-electron chi connectivity index (χ1n) is 5.29. The number of primary amides is 1. The molecule has 0 spiro atoms. The van der Waals surface area contributed by atoms with E-state index < -0.39 is 6.09 Å². The van der Waals surface area contributed by atoms with E-state index in [0.29, 0.717) is 6.54 Å². The normalized spacial score (nSPS) is 12.5. The first-order chi connectivity index (χ1) is 7.54. The van der Waals surface area contributed by atoms with Crippen LogP contribution in [0, 0.1) is 5.92 Å². The van der Waals surface area contributed by atoms with E-state index in [1.165, 1.54) is 0 Å². The number of carbonyl (C=O) groups is 1. The van der Waals surface area contributed by atoms with Crippen molar-refractivity contribution in [1.29, 1.82) is 0 Å². The van der Waals surface area contributed by atoms with Crippen molar-refractivity contribution in [3.8, 4) is 0 Å². The Bertz CT molecular complexity index is 364. The number of nitrogens with two attached hydrogens (primary N) is 2. The summed E-state index contributed by atoms with van der Waals surface area (Å²) in [6, 6.07) is 7.68. The molecule has 4 nitrogen and oxygen atoms in total. The summed E-state index contributed by atoms with van der Waals surface area (Å²) in [5.41, 5.74) is 12.6. The van der Waals surface area contributed by atoms with Gasteiger partial charge >= 0.3 is 6.09 Å². The lowest BCUT2D eigenvalue weighted by Crippen LogP contribution is -2.21. The fourth-order valence-electron chi connectivity index (χ4n) is 1.61. The summed E-state index contributed by atoms with van der Waals surface area (Å²) in [4.78, 5) is 10.8. The molecule has 0 aliphatic rings. The van der Waals surface area contributed by atoms with Gasteiger partial charge in [0.25, 0.3) is 0 Å². The Balaban J connectivity index is 2.95. The molecule has 1 rings (SSSR count). The van der Waals surface area contributed by atoms with Gasteiger partial charge in [-0.05, 0) is 17.0 Å². The molecule has 1 unspecified atom stereocenters. The SMILES string of the molecule is CC(C)C(OC(N)=O)c1cccc(CN)c1. The number of hydrogen-bond donors (Lipinski definition) is 2. The maximum Gasteiger partial charge on any atom is 0.405 e. The summed E-state index contributed by atoms with van der Waals surface area (Å²) in [6.45, 7) is 4.42. The number of rotatable bonds is 4. The average Bonchev–Trinajstić information content (AvgIpc) is 2.25. The first kappa shape index (κ1) is 12.5. The van der Waals surface area contributed by atoms with Gasteiger partial charge in [0.1, 0.15) is 6.10 Å². The van der Waals surface area contributed by atoms with Gasteiger partial charge in [0.05, 0.1) is 0 Å². The van der Waals surface area contributed by atoms with Gasteiger partial charge in [0.2, 0.25) is 0 Å². The number of hydrogen-bond acceptors (Lipinski definition) is 3. The highest BCUT2D eigenvalue weighted by atomic mass is 16.6. The van der Waals surface area contributed by atoms with Crippen molar-refractivity contribution in [3.63, 3.8) is 0 Å². The van der Waals surface area contributed by atoms with Crippen molar-refractivity contribution in [1.82, 2.24) is 0 Å². The largest absolute Gasteiger partial charge is 0.441 e. The molecule has 0 fully saturated rings. The van der Waals surface area contributed by atoms with Crippen LogP contribution >= 0.6 is 0 Å². The zero-order valence-electron chi connectivity index (χ0n) is 9.64. The van der Waals surface area contributed by atoms with Gasteiger partial charge in [-0.2, -0.15) is 0 Å². The Morgan fingerprint density at radius 2 is 2.12 bits per heavy atom. The maximum atomic E-state index is 10.8. The molecule has 4 heteroatoms. The van der Waals surface area contributed by atoms with Crippen LogP contribution in [0.1, 0.15) is 31.1 Å². The van der Waals surface area contributed by atoms with Gasteiger partial charge in [-0.25, -0.2) is 4.79 Å². The van der Waals surface area contributed by atoms with Crippen molar-refractivity contribution in [2.45, 2.75) is 26.5 Å². The van der Waals surface area contributed by atoms with Crippen molar-refractivity contribution < 1.29 is 9.53 Å². The van der Waals surface area contributed by atoms with Crippen LogP contribution in [0.3, 0.4) is 0 Å². The van der Waals surface area contributed by atoms with E-state index in [9.17, 15) is 4.79 Å². The van der Waals surface area contributed by atoms with E-state index in [0.717, 1.165) is 11.1 Å². The molecule has 4 N–H and O–H groups in total. The van der Waals surface area contributed by atoms with Crippen LogP contribution in [0.5, 0.6) is 0 Å². The maximum absolute atomic E-state index is 10.8. The summed E-state index contributed by atoms with van der Waals surface area (Å²) in [7, 11) is 0. The number of amides is 1. The second-order valence-corrected chi connectivity index (χ2v) is 4.05. The summed E-state index contributed by atoms with van der Waals surface area (Å²) in [6.07, 6.45) is -1.07. The zero-order valence-corrected chi connectivity index (χ0v) is 9.64. The molecule has 0 bridgehead atoms. The highest BCUT2D eigenvalue weighted by molar-refractivity contribution is 5.65. The molecule has 0 radical (unpaired) electrons. The zero-order chi connectivity index (χ0) is 12.1. The molecule has 0 aliphatic heterocycles. The van der Waals surface area contributed by atoms with Crippen molar-refractivity contribution in [2.75, 3.05) is 0 Å². The Morgan fingerprint density at radius 3 is 2.62 bits per heavy atom. The minimum absolute atomic E-state index is 0.167. The molecular weight excluding hydrogens is 204 g/mol. The van der Waals surface area contributed by atoms with Crippen LogP contribution in [0.2, 0.25) is 0 Å². The molecule has 0 aromatic heterocycles. The lowest BCUT2D eigenvalue weighted by molar-refractivity contribution is 0.0783. The molecule has 1 atom stereocenters. The smallest absolute Gasteiger partial charge is 0.405 e. The highest BCUT2D eigenvalue weighted by Gasteiger charge is 2.19. The number of ether oxygens (including phenoxy) is 1. The molecule has 1 aromatic rings. The molecule has 1 amide bonds. The van der Waals surface area contributed by atoms with Gasteiger partial charge in [-0.15, -0.1) is 0 Å². The third kappa shape index (κ3) is 3.24. The summed E-state index contributed by atoms with van der Waals surface area (Å²) >= 11 is 0. The lowest BCUT2D eigenvalue weighted by Gasteiger charge is -2.21. The van der Waals surface area contributed by atoms with Crippen molar-refractivity contribution in [2.24, 2.45) is 17.4 Å². The fraction of sp³-hybridized carbons (Fsp3) is 0.417. The Kier molecular flexibility index (Phi) is 4.31. The van der Waals surface area contributed by atoms with E-state index in [1.54, 1.807) is 0 Å². The van der Waals surface area contributed by atoms with Crippen LogP contribution in [-0.2, 0) is 11.3 Å². The van der Waals surface area contributed by atoms with Crippen LogP contribution in [0.4, 0.5) is 4.79 Å². The second kappa shape index (κ2) is 5.51.